The molecule has 2 aromatic rings. The second-order valence-corrected chi connectivity index (χ2v) is 4.37. The molecule has 0 aliphatic carbocycles. The summed E-state index contributed by atoms with van der Waals surface area (Å²) in [4.78, 5) is 11.9. The number of anilines is 1. The minimum absolute atomic E-state index is 0.261. The van der Waals surface area contributed by atoms with E-state index in [2.05, 4.69) is 12.2 Å². The molecule has 4 nitrogen and oxygen atoms in total. The average molecular weight is 258 g/mol. The number of nitrogens with two attached hydrogens (primary N) is 1. The van der Waals surface area contributed by atoms with Crippen LogP contribution in [0.15, 0.2) is 40.8 Å². The van der Waals surface area contributed by atoms with Crippen LogP contribution >= 0.6 is 0 Å². The summed E-state index contributed by atoms with van der Waals surface area (Å²) in [5.41, 5.74) is 7.46. The Labute approximate surface area is 112 Å². The summed E-state index contributed by atoms with van der Waals surface area (Å²) in [7, 11) is 0. The molecule has 0 fully saturated rings. The van der Waals surface area contributed by atoms with Gasteiger partial charge in [-0.1, -0.05) is 25.5 Å². The standard InChI is InChI=1S/C15H18N2O2/c1-2-3-11-4-6-12(7-5-11)17-15(18)14-9-8-13(10-16)19-14/h4-9H,2-3,10,16H2,1H3,(H,17,18). The minimum Gasteiger partial charge on any atom is -0.455 e. The van der Waals surface area contributed by atoms with E-state index in [1.807, 2.05) is 24.3 Å². The lowest BCUT2D eigenvalue weighted by atomic mass is 10.1. The van der Waals surface area contributed by atoms with Gasteiger partial charge in [0.2, 0.25) is 0 Å². The molecule has 100 valence electrons. The van der Waals surface area contributed by atoms with Crippen LogP contribution in [0.1, 0.15) is 35.2 Å². The number of furan rings is 1. The van der Waals surface area contributed by atoms with Gasteiger partial charge >= 0.3 is 0 Å². The largest absolute Gasteiger partial charge is 0.455 e. The maximum absolute atomic E-state index is 11.9. The Morgan fingerprint density at radius 3 is 2.53 bits per heavy atom. The van der Waals surface area contributed by atoms with Gasteiger partial charge < -0.3 is 15.5 Å². The van der Waals surface area contributed by atoms with Crippen LogP contribution in [0.4, 0.5) is 5.69 Å². The first-order chi connectivity index (χ1) is 9.22. The first-order valence-corrected chi connectivity index (χ1v) is 6.42. The number of carbonyl (C=O) groups is 1. The molecule has 3 N–H and O–H groups in total. The van der Waals surface area contributed by atoms with Gasteiger partial charge in [-0.25, -0.2) is 0 Å². The molecular weight excluding hydrogens is 240 g/mol. The van der Waals surface area contributed by atoms with E-state index in [4.69, 9.17) is 10.2 Å². The SMILES string of the molecule is CCCc1ccc(NC(=O)c2ccc(CN)o2)cc1. The highest BCUT2D eigenvalue weighted by molar-refractivity contribution is 6.02. The smallest absolute Gasteiger partial charge is 0.291 e. The second kappa shape index (κ2) is 6.20. The molecule has 1 amide bonds. The molecule has 0 unspecified atom stereocenters. The molecule has 0 radical (unpaired) electrons. The molecule has 4 heteroatoms. The summed E-state index contributed by atoms with van der Waals surface area (Å²) in [6.45, 7) is 2.43. The van der Waals surface area contributed by atoms with Crippen molar-refractivity contribution in [2.75, 3.05) is 5.32 Å². The number of aryl methyl sites for hydroxylation is 1. The van der Waals surface area contributed by atoms with Gasteiger partial charge in [-0.15, -0.1) is 0 Å². The number of amides is 1. The first-order valence-electron chi connectivity index (χ1n) is 6.42. The number of carbonyl (C=O) groups excluding carboxylic acids is 1. The number of hydrogen-bond acceptors (Lipinski definition) is 3. The van der Waals surface area contributed by atoms with Crippen molar-refractivity contribution in [1.82, 2.24) is 0 Å². The normalized spacial score (nSPS) is 10.4. The molecule has 1 heterocycles. The lowest BCUT2D eigenvalue weighted by Gasteiger charge is -2.04. The minimum atomic E-state index is -0.261. The third-order valence-corrected chi connectivity index (χ3v) is 2.84. The van der Waals surface area contributed by atoms with E-state index in [1.54, 1.807) is 12.1 Å². The number of benzene rings is 1. The Kier molecular flexibility index (Phi) is 4.36. The fourth-order valence-electron chi connectivity index (χ4n) is 1.85. The Morgan fingerprint density at radius 1 is 1.21 bits per heavy atom. The van der Waals surface area contributed by atoms with Crippen LogP contribution in [0.5, 0.6) is 0 Å². The number of rotatable bonds is 5. The van der Waals surface area contributed by atoms with Crippen molar-refractivity contribution in [3.8, 4) is 0 Å². The summed E-state index contributed by atoms with van der Waals surface area (Å²) in [5.74, 6) is 0.615. The molecular formula is C15H18N2O2. The third kappa shape index (κ3) is 3.45. The molecule has 0 aliphatic rings. The molecule has 0 spiro atoms. The summed E-state index contributed by atoms with van der Waals surface area (Å²) < 4.78 is 5.29. The zero-order chi connectivity index (χ0) is 13.7. The molecule has 2 rings (SSSR count). The van der Waals surface area contributed by atoms with Crippen molar-refractivity contribution < 1.29 is 9.21 Å². The average Bonchev–Trinajstić information content (AvgIpc) is 2.90. The van der Waals surface area contributed by atoms with E-state index >= 15 is 0 Å². The fourth-order valence-corrected chi connectivity index (χ4v) is 1.85. The van der Waals surface area contributed by atoms with Gasteiger partial charge in [0.15, 0.2) is 5.76 Å². The molecule has 0 aliphatic heterocycles. The highest BCUT2D eigenvalue weighted by atomic mass is 16.4. The Balaban J connectivity index is 2.01. The van der Waals surface area contributed by atoms with Gasteiger partial charge in [0.05, 0.1) is 6.54 Å². The van der Waals surface area contributed by atoms with Gasteiger partial charge in [-0.2, -0.15) is 0 Å². The lowest BCUT2D eigenvalue weighted by molar-refractivity contribution is 0.0995. The van der Waals surface area contributed by atoms with E-state index < -0.39 is 0 Å². The predicted molar refractivity (Wildman–Crippen MR) is 75.0 cm³/mol. The molecule has 0 saturated carbocycles. The molecule has 1 aromatic heterocycles. The molecule has 19 heavy (non-hydrogen) atoms. The first kappa shape index (κ1) is 13.4. The van der Waals surface area contributed by atoms with Crippen LogP contribution in [-0.2, 0) is 13.0 Å². The predicted octanol–water partition coefficient (Wildman–Crippen LogP) is 2.94. The summed E-state index contributed by atoms with van der Waals surface area (Å²) >= 11 is 0. The van der Waals surface area contributed by atoms with Crippen molar-refractivity contribution in [2.45, 2.75) is 26.3 Å². The molecule has 0 saturated heterocycles. The van der Waals surface area contributed by atoms with Crippen LogP contribution in [-0.4, -0.2) is 5.91 Å². The van der Waals surface area contributed by atoms with Crippen molar-refractivity contribution in [3.05, 3.63) is 53.5 Å². The van der Waals surface area contributed by atoms with E-state index in [9.17, 15) is 4.79 Å². The summed E-state index contributed by atoms with van der Waals surface area (Å²) in [6.07, 6.45) is 2.16. The van der Waals surface area contributed by atoms with Gasteiger partial charge in [0.25, 0.3) is 5.91 Å². The fraction of sp³-hybridized carbons (Fsp3) is 0.267. The molecule has 1 aromatic carbocycles. The van der Waals surface area contributed by atoms with Crippen molar-refractivity contribution >= 4 is 11.6 Å². The van der Waals surface area contributed by atoms with Gasteiger partial charge in [0, 0.05) is 5.69 Å². The van der Waals surface area contributed by atoms with E-state index in [-0.39, 0.29) is 11.7 Å². The maximum atomic E-state index is 11.9. The van der Waals surface area contributed by atoms with Crippen molar-refractivity contribution in [2.24, 2.45) is 5.73 Å². The Morgan fingerprint density at radius 2 is 1.95 bits per heavy atom. The van der Waals surface area contributed by atoms with Gasteiger partial charge in [-0.05, 0) is 36.2 Å². The molecule has 0 atom stereocenters. The highest BCUT2D eigenvalue weighted by Gasteiger charge is 2.10. The number of nitrogens with one attached hydrogen (secondary N) is 1. The van der Waals surface area contributed by atoms with Gasteiger partial charge in [0.1, 0.15) is 5.76 Å². The second-order valence-electron chi connectivity index (χ2n) is 4.37. The quantitative estimate of drug-likeness (QED) is 0.866. The van der Waals surface area contributed by atoms with Crippen LogP contribution < -0.4 is 11.1 Å². The van der Waals surface area contributed by atoms with E-state index in [0.717, 1.165) is 18.5 Å². The Bertz CT molecular complexity index is 544. The number of hydrogen-bond donors (Lipinski definition) is 2. The van der Waals surface area contributed by atoms with Gasteiger partial charge in [-0.3, -0.25) is 4.79 Å². The topological polar surface area (TPSA) is 68.3 Å². The lowest BCUT2D eigenvalue weighted by Crippen LogP contribution is -2.10. The van der Waals surface area contributed by atoms with E-state index in [1.165, 1.54) is 5.56 Å². The molecule has 0 bridgehead atoms. The van der Waals surface area contributed by atoms with E-state index in [0.29, 0.717) is 12.3 Å². The van der Waals surface area contributed by atoms with Crippen LogP contribution in [0.25, 0.3) is 0 Å². The van der Waals surface area contributed by atoms with Crippen LogP contribution in [0, 0.1) is 0 Å². The summed E-state index contributed by atoms with van der Waals surface area (Å²) in [5, 5.41) is 2.79. The van der Waals surface area contributed by atoms with Crippen molar-refractivity contribution in [3.63, 3.8) is 0 Å². The van der Waals surface area contributed by atoms with Crippen LogP contribution in [0.2, 0.25) is 0 Å². The third-order valence-electron chi connectivity index (χ3n) is 2.84. The Hall–Kier alpha value is -2.07. The highest BCUT2D eigenvalue weighted by Crippen LogP contribution is 2.14. The van der Waals surface area contributed by atoms with Crippen molar-refractivity contribution in [1.29, 1.82) is 0 Å². The summed E-state index contributed by atoms with van der Waals surface area (Å²) in [6, 6.07) is 11.2. The monoisotopic (exact) mass is 258 g/mol. The maximum Gasteiger partial charge on any atom is 0.291 e. The zero-order valence-electron chi connectivity index (χ0n) is 11.0. The zero-order valence-corrected chi connectivity index (χ0v) is 11.0. The van der Waals surface area contributed by atoms with Crippen LogP contribution in [0.3, 0.4) is 0 Å².